The summed E-state index contributed by atoms with van der Waals surface area (Å²) in [5, 5.41) is 5.85. The molecule has 0 aromatic heterocycles. The molecule has 0 radical (unpaired) electrons. The summed E-state index contributed by atoms with van der Waals surface area (Å²) < 4.78 is 5.74. The zero-order valence-corrected chi connectivity index (χ0v) is 14.4. The van der Waals surface area contributed by atoms with Crippen LogP contribution in [0.1, 0.15) is 6.92 Å². The molecule has 0 aliphatic carbocycles. The number of anilines is 1. The van der Waals surface area contributed by atoms with Crippen molar-refractivity contribution < 1.29 is 9.53 Å². The van der Waals surface area contributed by atoms with Gasteiger partial charge in [0.1, 0.15) is 5.75 Å². The van der Waals surface area contributed by atoms with Gasteiger partial charge in [-0.15, -0.1) is 0 Å². The molecule has 3 aromatic rings. The Labute approximate surface area is 150 Å². The van der Waals surface area contributed by atoms with Gasteiger partial charge in [-0.05, 0) is 48.0 Å². The summed E-state index contributed by atoms with van der Waals surface area (Å²) in [4.78, 5) is 12.3. The third-order valence-electron chi connectivity index (χ3n) is 3.53. The molecule has 0 saturated carbocycles. The van der Waals surface area contributed by atoms with Crippen LogP contribution in [-0.4, -0.2) is 12.0 Å². The molecule has 3 rings (SSSR count). The molecule has 0 saturated heterocycles. The normalized spacial score (nSPS) is 12.0. The smallest absolute Gasteiger partial charge is 0.265 e. The molecule has 1 N–H and O–H groups in total. The molecule has 24 heavy (non-hydrogen) atoms. The SMILES string of the molecule is C[C@@H](Oc1ccc2ccccc2c1)C(=O)Nc1cc(Cl)cc(Cl)c1. The number of nitrogens with one attached hydrogen (secondary N) is 1. The third kappa shape index (κ3) is 3.99. The fourth-order valence-corrected chi connectivity index (χ4v) is 2.89. The van der Waals surface area contributed by atoms with E-state index in [1.54, 1.807) is 25.1 Å². The van der Waals surface area contributed by atoms with Crippen LogP contribution in [0.25, 0.3) is 10.8 Å². The summed E-state index contributed by atoms with van der Waals surface area (Å²) in [5.74, 6) is 0.363. The highest BCUT2D eigenvalue weighted by Gasteiger charge is 2.15. The van der Waals surface area contributed by atoms with E-state index in [0.717, 1.165) is 10.8 Å². The van der Waals surface area contributed by atoms with Gasteiger partial charge in [0.05, 0.1) is 0 Å². The first kappa shape index (κ1) is 16.6. The van der Waals surface area contributed by atoms with Crippen LogP contribution in [0.3, 0.4) is 0 Å². The van der Waals surface area contributed by atoms with E-state index in [2.05, 4.69) is 5.32 Å². The zero-order chi connectivity index (χ0) is 17.1. The Balaban J connectivity index is 1.70. The third-order valence-corrected chi connectivity index (χ3v) is 3.97. The average molecular weight is 360 g/mol. The number of halogens is 2. The minimum atomic E-state index is -0.663. The van der Waals surface area contributed by atoms with Gasteiger partial charge < -0.3 is 10.1 Å². The van der Waals surface area contributed by atoms with Crippen molar-refractivity contribution in [3.63, 3.8) is 0 Å². The molecule has 0 fully saturated rings. The molecule has 3 nitrogen and oxygen atoms in total. The predicted octanol–water partition coefficient (Wildman–Crippen LogP) is 5.55. The quantitative estimate of drug-likeness (QED) is 0.662. The second-order valence-corrected chi connectivity index (χ2v) is 6.29. The van der Waals surface area contributed by atoms with Gasteiger partial charge >= 0.3 is 0 Å². The standard InChI is InChI=1S/C19H15Cl2NO2/c1-12(19(23)22-17-10-15(20)9-16(21)11-17)24-18-7-6-13-4-2-3-5-14(13)8-18/h2-12H,1H3,(H,22,23)/t12-/m1/s1. The van der Waals surface area contributed by atoms with Crippen molar-refractivity contribution in [2.75, 3.05) is 5.32 Å². The first-order chi connectivity index (χ1) is 11.5. The van der Waals surface area contributed by atoms with E-state index in [4.69, 9.17) is 27.9 Å². The van der Waals surface area contributed by atoms with E-state index in [-0.39, 0.29) is 5.91 Å². The second kappa shape index (κ2) is 7.12. The Kier molecular flexibility index (Phi) is 4.93. The number of carbonyl (C=O) groups excluding carboxylic acids is 1. The van der Waals surface area contributed by atoms with Gasteiger partial charge in [-0.3, -0.25) is 4.79 Å². The topological polar surface area (TPSA) is 38.3 Å². The fraction of sp³-hybridized carbons (Fsp3) is 0.105. The highest BCUT2D eigenvalue weighted by Crippen LogP contribution is 2.24. The number of benzene rings is 3. The van der Waals surface area contributed by atoms with Gasteiger partial charge in [0.2, 0.25) is 0 Å². The highest BCUT2D eigenvalue weighted by molar-refractivity contribution is 6.35. The molecule has 1 amide bonds. The number of hydrogen-bond donors (Lipinski definition) is 1. The van der Waals surface area contributed by atoms with Crippen LogP contribution in [0.5, 0.6) is 5.75 Å². The summed E-state index contributed by atoms with van der Waals surface area (Å²) >= 11 is 11.9. The molecule has 0 heterocycles. The Hall–Kier alpha value is -2.23. The van der Waals surface area contributed by atoms with Crippen LogP contribution in [0, 0.1) is 0 Å². The molecule has 0 spiro atoms. The van der Waals surface area contributed by atoms with E-state index < -0.39 is 6.10 Å². The van der Waals surface area contributed by atoms with Crippen molar-refractivity contribution in [1.29, 1.82) is 0 Å². The Morgan fingerprint density at radius 1 is 0.958 bits per heavy atom. The second-order valence-electron chi connectivity index (χ2n) is 5.42. The van der Waals surface area contributed by atoms with Gasteiger partial charge in [-0.1, -0.05) is 53.5 Å². The zero-order valence-electron chi connectivity index (χ0n) is 12.9. The maximum absolute atomic E-state index is 12.3. The average Bonchev–Trinajstić information content (AvgIpc) is 2.53. The van der Waals surface area contributed by atoms with Crippen LogP contribution in [0.4, 0.5) is 5.69 Å². The number of hydrogen-bond acceptors (Lipinski definition) is 2. The van der Waals surface area contributed by atoms with Crippen molar-refractivity contribution in [2.45, 2.75) is 13.0 Å². The minimum Gasteiger partial charge on any atom is -0.481 e. The van der Waals surface area contributed by atoms with Crippen molar-refractivity contribution in [2.24, 2.45) is 0 Å². The van der Waals surface area contributed by atoms with Crippen LogP contribution >= 0.6 is 23.2 Å². The van der Waals surface area contributed by atoms with Crippen LogP contribution in [0.2, 0.25) is 10.0 Å². The van der Waals surface area contributed by atoms with E-state index in [9.17, 15) is 4.79 Å². The first-order valence-electron chi connectivity index (χ1n) is 7.44. The summed E-state index contributed by atoms with van der Waals surface area (Å²) in [6.45, 7) is 1.69. The molecule has 0 aliphatic rings. The Bertz CT molecular complexity index is 875. The lowest BCUT2D eigenvalue weighted by Gasteiger charge is -2.15. The molecule has 122 valence electrons. The van der Waals surface area contributed by atoms with Crippen molar-refractivity contribution in [3.05, 3.63) is 70.7 Å². The molecular weight excluding hydrogens is 345 g/mol. The van der Waals surface area contributed by atoms with Crippen molar-refractivity contribution in [1.82, 2.24) is 0 Å². The van der Waals surface area contributed by atoms with Crippen LogP contribution in [0.15, 0.2) is 60.7 Å². The number of fused-ring (bicyclic) bond motifs is 1. The Morgan fingerprint density at radius 3 is 2.33 bits per heavy atom. The van der Waals surface area contributed by atoms with Crippen molar-refractivity contribution in [3.8, 4) is 5.75 Å². The van der Waals surface area contributed by atoms with E-state index >= 15 is 0 Å². The van der Waals surface area contributed by atoms with Gasteiger partial charge in [0, 0.05) is 15.7 Å². The largest absolute Gasteiger partial charge is 0.481 e. The number of amides is 1. The minimum absolute atomic E-state index is 0.276. The Morgan fingerprint density at radius 2 is 1.62 bits per heavy atom. The van der Waals surface area contributed by atoms with Gasteiger partial charge in [-0.25, -0.2) is 0 Å². The number of ether oxygens (including phenoxy) is 1. The lowest BCUT2D eigenvalue weighted by atomic mass is 10.1. The molecular formula is C19H15Cl2NO2. The summed E-state index contributed by atoms with van der Waals surface area (Å²) in [7, 11) is 0. The molecule has 1 atom stereocenters. The van der Waals surface area contributed by atoms with Crippen molar-refractivity contribution >= 4 is 45.6 Å². The maximum Gasteiger partial charge on any atom is 0.265 e. The molecule has 0 bridgehead atoms. The molecule has 0 unspecified atom stereocenters. The lowest BCUT2D eigenvalue weighted by Crippen LogP contribution is -2.30. The van der Waals surface area contributed by atoms with Crippen LogP contribution < -0.4 is 10.1 Å². The van der Waals surface area contributed by atoms with Crippen LogP contribution in [-0.2, 0) is 4.79 Å². The first-order valence-corrected chi connectivity index (χ1v) is 8.19. The lowest BCUT2D eigenvalue weighted by molar-refractivity contribution is -0.122. The molecule has 0 aliphatic heterocycles. The monoisotopic (exact) mass is 359 g/mol. The summed E-state index contributed by atoms with van der Waals surface area (Å²) in [5.41, 5.74) is 0.534. The fourth-order valence-electron chi connectivity index (χ4n) is 2.37. The van der Waals surface area contributed by atoms with E-state index in [0.29, 0.717) is 21.5 Å². The predicted molar refractivity (Wildman–Crippen MR) is 99.1 cm³/mol. The summed E-state index contributed by atoms with van der Waals surface area (Å²) in [6.07, 6.45) is -0.663. The highest BCUT2D eigenvalue weighted by atomic mass is 35.5. The van der Waals surface area contributed by atoms with Gasteiger partial charge in [0.25, 0.3) is 5.91 Å². The summed E-state index contributed by atoms with van der Waals surface area (Å²) in [6, 6.07) is 18.6. The number of carbonyl (C=O) groups is 1. The van der Waals surface area contributed by atoms with Gasteiger partial charge in [-0.2, -0.15) is 0 Å². The molecule has 5 heteroatoms. The maximum atomic E-state index is 12.3. The number of rotatable bonds is 4. The van der Waals surface area contributed by atoms with E-state index in [1.807, 2.05) is 42.5 Å². The van der Waals surface area contributed by atoms with E-state index in [1.165, 1.54) is 0 Å². The van der Waals surface area contributed by atoms with Gasteiger partial charge in [0.15, 0.2) is 6.10 Å². The molecule has 3 aromatic carbocycles.